The lowest BCUT2D eigenvalue weighted by atomic mass is 9.95. The van der Waals surface area contributed by atoms with Crippen LogP contribution in [-0.4, -0.2) is 24.9 Å². The van der Waals surface area contributed by atoms with E-state index in [1.54, 1.807) is 12.3 Å². The van der Waals surface area contributed by atoms with Crippen molar-refractivity contribution in [3.05, 3.63) is 59.5 Å². The first-order valence-corrected chi connectivity index (χ1v) is 9.65. The Morgan fingerprint density at radius 2 is 2.00 bits per heavy atom. The molecule has 2 aliphatic heterocycles. The van der Waals surface area contributed by atoms with Gasteiger partial charge >= 0.3 is 0 Å². The third-order valence-electron chi connectivity index (χ3n) is 5.58. The SMILES string of the molecule is Cc1cc(NC=C2C(=O)Nc3ccc(F)cc32)ccc1N1CCC(C(N)=O)CC1. The zero-order valence-corrected chi connectivity index (χ0v) is 16.2. The summed E-state index contributed by atoms with van der Waals surface area (Å²) in [4.78, 5) is 25.8. The monoisotopic (exact) mass is 394 g/mol. The van der Waals surface area contributed by atoms with Crippen LogP contribution in [0, 0.1) is 18.7 Å². The summed E-state index contributed by atoms with van der Waals surface area (Å²) >= 11 is 0. The van der Waals surface area contributed by atoms with Crippen LogP contribution in [0.25, 0.3) is 5.57 Å². The molecule has 2 aromatic rings. The number of nitrogens with one attached hydrogen (secondary N) is 2. The highest BCUT2D eigenvalue weighted by Gasteiger charge is 2.25. The number of carbonyl (C=O) groups is 2. The van der Waals surface area contributed by atoms with Crippen molar-refractivity contribution >= 4 is 34.4 Å². The molecule has 0 bridgehead atoms. The fourth-order valence-corrected chi connectivity index (χ4v) is 3.96. The molecule has 1 saturated heterocycles. The molecule has 0 saturated carbocycles. The van der Waals surface area contributed by atoms with E-state index >= 15 is 0 Å². The molecule has 2 amide bonds. The smallest absolute Gasteiger partial charge is 0.257 e. The van der Waals surface area contributed by atoms with Gasteiger partial charge in [0, 0.05) is 47.8 Å². The number of hydrogen-bond acceptors (Lipinski definition) is 4. The highest BCUT2D eigenvalue weighted by atomic mass is 19.1. The van der Waals surface area contributed by atoms with Gasteiger partial charge in [-0.25, -0.2) is 4.39 Å². The van der Waals surface area contributed by atoms with Gasteiger partial charge in [-0.2, -0.15) is 0 Å². The predicted octanol–water partition coefficient (Wildman–Crippen LogP) is 3.24. The van der Waals surface area contributed by atoms with Gasteiger partial charge in [-0.05, 0) is 61.7 Å². The molecular formula is C22H23FN4O2. The van der Waals surface area contributed by atoms with Crippen molar-refractivity contribution in [3.63, 3.8) is 0 Å². The summed E-state index contributed by atoms with van der Waals surface area (Å²) in [6, 6.07) is 10.2. The number of benzene rings is 2. The van der Waals surface area contributed by atoms with E-state index in [9.17, 15) is 14.0 Å². The lowest BCUT2D eigenvalue weighted by molar-refractivity contribution is -0.122. The van der Waals surface area contributed by atoms with Crippen LogP contribution in [-0.2, 0) is 9.59 Å². The van der Waals surface area contributed by atoms with E-state index in [1.807, 2.05) is 25.1 Å². The third kappa shape index (κ3) is 3.81. The molecule has 2 aliphatic rings. The number of halogens is 1. The Kier molecular flexibility index (Phi) is 4.96. The number of hydrogen-bond donors (Lipinski definition) is 3. The lowest BCUT2D eigenvalue weighted by Gasteiger charge is -2.33. The summed E-state index contributed by atoms with van der Waals surface area (Å²) in [6.07, 6.45) is 3.14. The summed E-state index contributed by atoms with van der Waals surface area (Å²) < 4.78 is 13.6. The largest absolute Gasteiger partial charge is 0.371 e. The molecule has 2 aromatic carbocycles. The van der Waals surface area contributed by atoms with E-state index in [1.165, 1.54) is 12.1 Å². The van der Waals surface area contributed by atoms with Crippen LogP contribution in [0.5, 0.6) is 0 Å². The molecule has 0 aromatic heterocycles. The molecule has 7 heteroatoms. The summed E-state index contributed by atoms with van der Waals surface area (Å²) in [7, 11) is 0. The molecular weight excluding hydrogens is 371 g/mol. The zero-order chi connectivity index (χ0) is 20.5. The van der Waals surface area contributed by atoms with Gasteiger partial charge in [0.15, 0.2) is 0 Å². The second-order valence-electron chi connectivity index (χ2n) is 7.51. The molecule has 6 nitrogen and oxygen atoms in total. The molecule has 1 fully saturated rings. The fraction of sp³-hybridized carbons (Fsp3) is 0.273. The van der Waals surface area contributed by atoms with Gasteiger partial charge in [0.2, 0.25) is 5.91 Å². The van der Waals surface area contributed by atoms with Gasteiger partial charge in [0.1, 0.15) is 5.82 Å². The van der Waals surface area contributed by atoms with Gasteiger partial charge in [-0.1, -0.05) is 0 Å². The van der Waals surface area contributed by atoms with E-state index in [2.05, 4.69) is 15.5 Å². The maximum absolute atomic E-state index is 13.6. The Morgan fingerprint density at radius 3 is 2.69 bits per heavy atom. The van der Waals surface area contributed by atoms with Gasteiger partial charge in [-0.15, -0.1) is 0 Å². The summed E-state index contributed by atoms with van der Waals surface area (Å²) in [6.45, 7) is 3.63. The Labute approximate surface area is 168 Å². The number of primary amides is 1. The first-order valence-electron chi connectivity index (χ1n) is 9.65. The number of amides is 2. The molecule has 4 N–H and O–H groups in total. The molecule has 4 rings (SSSR count). The third-order valence-corrected chi connectivity index (χ3v) is 5.58. The molecule has 29 heavy (non-hydrogen) atoms. The van der Waals surface area contributed by atoms with Crippen molar-refractivity contribution in [1.29, 1.82) is 0 Å². The number of rotatable bonds is 4. The maximum atomic E-state index is 13.6. The number of carbonyl (C=O) groups excluding carboxylic acids is 2. The Balaban J connectivity index is 1.48. The number of aryl methyl sites for hydroxylation is 1. The van der Waals surface area contributed by atoms with Crippen LogP contribution >= 0.6 is 0 Å². The van der Waals surface area contributed by atoms with E-state index < -0.39 is 0 Å². The number of anilines is 3. The highest BCUT2D eigenvalue weighted by Crippen LogP contribution is 2.33. The van der Waals surface area contributed by atoms with Crippen LogP contribution in [0.4, 0.5) is 21.5 Å². The molecule has 150 valence electrons. The molecule has 0 aliphatic carbocycles. The zero-order valence-electron chi connectivity index (χ0n) is 16.2. The Hall–Kier alpha value is -3.35. The van der Waals surface area contributed by atoms with Crippen LogP contribution in [0.1, 0.15) is 24.0 Å². The van der Waals surface area contributed by atoms with Crippen LogP contribution in [0.3, 0.4) is 0 Å². The average Bonchev–Trinajstić information content (AvgIpc) is 3.01. The Morgan fingerprint density at radius 1 is 1.24 bits per heavy atom. The summed E-state index contributed by atoms with van der Waals surface area (Å²) in [5, 5.41) is 5.88. The number of nitrogens with two attached hydrogens (primary N) is 1. The second-order valence-corrected chi connectivity index (χ2v) is 7.51. The van der Waals surface area contributed by atoms with E-state index in [0.717, 1.165) is 42.9 Å². The normalized spacial score (nSPS) is 17.9. The van der Waals surface area contributed by atoms with Gasteiger partial charge < -0.3 is 21.3 Å². The van der Waals surface area contributed by atoms with Crippen LogP contribution in [0.2, 0.25) is 0 Å². The van der Waals surface area contributed by atoms with E-state index in [4.69, 9.17) is 5.73 Å². The van der Waals surface area contributed by atoms with Crippen molar-refractivity contribution in [2.75, 3.05) is 28.6 Å². The van der Waals surface area contributed by atoms with Gasteiger partial charge in [0.05, 0.1) is 5.57 Å². The van der Waals surface area contributed by atoms with Crippen molar-refractivity contribution in [1.82, 2.24) is 0 Å². The minimum Gasteiger partial charge on any atom is -0.371 e. The van der Waals surface area contributed by atoms with Crippen molar-refractivity contribution in [3.8, 4) is 0 Å². The van der Waals surface area contributed by atoms with Gasteiger partial charge in [0.25, 0.3) is 5.91 Å². The highest BCUT2D eigenvalue weighted by molar-refractivity contribution is 6.31. The Bertz CT molecular complexity index is 1010. The standard InChI is InChI=1S/C22H23FN4O2/c1-13-10-16(3-5-20(13)27-8-6-14(7-9-27)21(24)28)25-12-18-17-11-15(23)2-4-19(17)26-22(18)29/h2-5,10-12,14,25H,6-9H2,1H3,(H2,24,28)(H,26,29). The molecule has 0 radical (unpaired) electrons. The average molecular weight is 394 g/mol. The van der Waals surface area contributed by atoms with Crippen LogP contribution in [0.15, 0.2) is 42.6 Å². The molecule has 0 spiro atoms. The molecule has 2 heterocycles. The summed E-state index contributed by atoms with van der Waals surface area (Å²) in [5.41, 5.74) is 10.0. The predicted molar refractivity (Wildman–Crippen MR) is 112 cm³/mol. The van der Waals surface area contributed by atoms with Crippen molar-refractivity contribution < 1.29 is 14.0 Å². The minimum absolute atomic E-state index is 0.0376. The fourth-order valence-electron chi connectivity index (χ4n) is 3.96. The van der Waals surface area contributed by atoms with Gasteiger partial charge in [-0.3, -0.25) is 9.59 Å². The van der Waals surface area contributed by atoms with Crippen molar-refractivity contribution in [2.24, 2.45) is 11.7 Å². The minimum atomic E-state index is -0.383. The number of nitrogens with zero attached hydrogens (tertiary/aromatic N) is 1. The molecule has 0 atom stereocenters. The second kappa shape index (κ2) is 7.58. The first kappa shape index (κ1) is 19.0. The van der Waals surface area contributed by atoms with Crippen LogP contribution < -0.4 is 21.3 Å². The van der Waals surface area contributed by atoms with E-state index in [-0.39, 0.29) is 23.5 Å². The summed E-state index contributed by atoms with van der Waals surface area (Å²) in [5.74, 6) is -0.897. The quantitative estimate of drug-likeness (QED) is 0.695. The van der Waals surface area contributed by atoms with Crippen molar-refractivity contribution in [2.45, 2.75) is 19.8 Å². The lowest BCUT2D eigenvalue weighted by Crippen LogP contribution is -2.38. The first-order chi connectivity index (χ1) is 13.9. The number of fused-ring (bicyclic) bond motifs is 1. The molecule has 0 unspecified atom stereocenters. The number of piperidine rings is 1. The maximum Gasteiger partial charge on any atom is 0.257 e. The van der Waals surface area contributed by atoms with E-state index in [0.29, 0.717) is 16.8 Å². The topological polar surface area (TPSA) is 87.5 Å².